The third-order valence-corrected chi connectivity index (χ3v) is 12.2. The molecule has 5 atom stereocenters. The third kappa shape index (κ3) is 2.75. The highest BCUT2D eigenvalue weighted by atomic mass is 16.5. The summed E-state index contributed by atoms with van der Waals surface area (Å²) >= 11 is 0. The highest BCUT2D eigenvalue weighted by molar-refractivity contribution is 5.84. The molecule has 5 unspecified atom stereocenters. The molecule has 5 heteroatoms. The molecule has 33 heavy (non-hydrogen) atoms. The maximum absolute atomic E-state index is 14.3. The summed E-state index contributed by atoms with van der Waals surface area (Å²) in [5.41, 5.74) is -0.263. The Balaban J connectivity index is 1.26. The first-order valence-electron chi connectivity index (χ1n) is 13.8. The first-order chi connectivity index (χ1) is 15.8. The van der Waals surface area contributed by atoms with Crippen LogP contribution in [0.3, 0.4) is 0 Å². The van der Waals surface area contributed by atoms with E-state index in [1.54, 1.807) is 7.11 Å². The van der Waals surface area contributed by atoms with Crippen molar-refractivity contribution < 1.29 is 19.4 Å². The standard InChI is InChI=1S/C28H41NO4/c1-33-15-22-3-2-4-29(22)23(30)25-7-18-5-19(8-25)12-27(11-18,16-25)28-13-20-6-21(14-28)10-26(9-20,17-28)24(31)32/h18-22H,2-17H2,1H3,(H,31,32). The van der Waals surface area contributed by atoms with Crippen molar-refractivity contribution in [1.82, 2.24) is 4.90 Å². The molecule has 1 amide bonds. The second-order valence-corrected chi connectivity index (χ2v) is 14.1. The summed E-state index contributed by atoms with van der Waals surface area (Å²) in [7, 11) is 1.76. The van der Waals surface area contributed by atoms with Gasteiger partial charge in [0.1, 0.15) is 0 Å². The summed E-state index contributed by atoms with van der Waals surface area (Å²) in [5.74, 6) is 2.48. The molecule has 9 aliphatic rings. The van der Waals surface area contributed by atoms with E-state index >= 15 is 0 Å². The van der Waals surface area contributed by atoms with E-state index in [4.69, 9.17) is 4.74 Å². The van der Waals surface area contributed by atoms with Gasteiger partial charge in [0.25, 0.3) is 0 Å². The van der Waals surface area contributed by atoms with Gasteiger partial charge in [-0.2, -0.15) is 0 Å². The fraction of sp³-hybridized carbons (Fsp3) is 0.929. The van der Waals surface area contributed by atoms with Gasteiger partial charge in [-0.1, -0.05) is 0 Å². The zero-order chi connectivity index (χ0) is 22.6. The maximum atomic E-state index is 14.3. The van der Waals surface area contributed by atoms with Crippen LogP contribution in [0.2, 0.25) is 0 Å². The monoisotopic (exact) mass is 455 g/mol. The molecule has 0 radical (unpaired) electrons. The van der Waals surface area contributed by atoms with Crippen molar-refractivity contribution in [3.05, 3.63) is 0 Å². The van der Waals surface area contributed by atoms with Gasteiger partial charge in [-0.25, -0.2) is 0 Å². The normalized spacial score (nSPS) is 53.7. The second-order valence-electron chi connectivity index (χ2n) is 14.1. The van der Waals surface area contributed by atoms with Crippen LogP contribution in [0.5, 0.6) is 0 Å². The fourth-order valence-corrected chi connectivity index (χ4v) is 12.0. The van der Waals surface area contributed by atoms with E-state index in [1.165, 1.54) is 38.5 Å². The number of carbonyl (C=O) groups is 2. The number of nitrogens with zero attached hydrogens (tertiary/aromatic N) is 1. The van der Waals surface area contributed by atoms with Crippen LogP contribution in [0.15, 0.2) is 0 Å². The minimum absolute atomic E-state index is 0.176. The molecule has 8 aliphatic carbocycles. The van der Waals surface area contributed by atoms with Crippen molar-refractivity contribution in [2.24, 2.45) is 45.3 Å². The lowest BCUT2D eigenvalue weighted by molar-refractivity contribution is -0.241. The summed E-state index contributed by atoms with van der Waals surface area (Å²) in [6, 6.07) is 0.251. The summed E-state index contributed by atoms with van der Waals surface area (Å²) in [6.45, 7) is 1.56. The van der Waals surface area contributed by atoms with Crippen LogP contribution in [-0.2, 0) is 14.3 Å². The molecule has 0 aromatic rings. The topological polar surface area (TPSA) is 66.8 Å². The SMILES string of the molecule is COCC1CCCN1C(=O)C12CC3CC(C1)CC(C14CC5CC(CC(C(=O)O)(C5)C1)C4)(C3)C2. The third-order valence-electron chi connectivity index (χ3n) is 12.2. The van der Waals surface area contributed by atoms with Gasteiger partial charge in [0.15, 0.2) is 0 Å². The first-order valence-corrected chi connectivity index (χ1v) is 13.8. The smallest absolute Gasteiger partial charge is 0.309 e. The van der Waals surface area contributed by atoms with Crippen molar-refractivity contribution in [2.45, 2.75) is 95.9 Å². The van der Waals surface area contributed by atoms with E-state index in [1.807, 2.05) is 0 Å². The van der Waals surface area contributed by atoms with Gasteiger partial charge in [0.2, 0.25) is 5.91 Å². The Bertz CT molecular complexity index is 853. The minimum Gasteiger partial charge on any atom is -0.481 e. The number of carboxylic acids is 1. The van der Waals surface area contributed by atoms with Crippen LogP contribution in [0.4, 0.5) is 0 Å². The first kappa shape index (κ1) is 21.2. The summed E-state index contributed by atoms with van der Waals surface area (Å²) < 4.78 is 5.49. The molecule has 182 valence electrons. The number of methoxy groups -OCH3 is 1. The molecule has 1 heterocycles. The number of hydrogen-bond acceptors (Lipinski definition) is 3. The van der Waals surface area contributed by atoms with Crippen molar-refractivity contribution in [3.8, 4) is 0 Å². The number of hydrogen-bond donors (Lipinski definition) is 1. The zero-order valence-electron chi connectivity index (χ0n) is 20.3. The Morgan fingerprint density at radius 3 is 1.88 bits per heavy atom. The molecule has 8 bridgehead atoms. The number of ether oxygens (including phenoxy) is 1. The highest BCUT2D eigenvalue weighted by Crippen LogP contribution is 2.78. The van der Waals surface area contributed by atoms with Gasteiger partial charge in [0.05, 0.1) is 23.5 Å². The van der Waals surface area contributed by atoms with Gasteiger partial charge in [-0.3, -0.25) is 9.59 Å². The lowest BCUT2D eigenvalue weighted by atomic mass is 9.31. The largest absolute Gasteiger partial charge is 0.481 e. The average molecular weight is 456 g/mol. The van der Waals surface area contributed by atoms with Gasteiger partial charge >= 0.3 is 5.97 Å². The molecular formula is C28H41NO4. The fourth-order valence-electron chi connectivity index (χ4n) is 12.0. The van der Waals surface area contributed by atoms with Crippen LogP contribution in [-0.4, -0.2) is 48.2 Å². The Labute approximate surface area is 198 Å². The maximum Gasteiger partial charge on any atom is 0.309 e. The van der Waals surface area contributed by atoms with E-state index in [0.29, 0.717) is 36.2 Å². The average Bonchev–Trinajstić information content (AvgIpc) is 3.19. The predicted molar refractivity (Wildman–Crippen MR) is 123 cm³/mol. The predicted octanol–water partition coefficient (Wildman–Crippen LogP) is 4.88. The Kier molecular flexibility index (Phi) is 4.35. The van der Waals surface area contributed by atoms with E-state index < -0.39 is 11.4 Å². The number of carbonyl (C=O) groups excluding carboxylic acids is 1. The number of rotatable bonds is 5. The van der Waals surface area contributed by atoms with Crippen molar-refractivity contribution in [3.63, 3.8) is 0 Å². The van der Waals surface area contributed by atoms with Crippen LogP contribution in [0, 0.1) is 45.3 Å². The molecule has 0 aromatic carbocycles. The van der Waals surface area contributed by atoms with E-state index in [-0.39, 0.29) is 22.3 Å². The molecule has 1 aliphatic heterocycles. The molecule has 5 nitrogen and oxygen atoms in total. The molecule has 9 fully saturated rings. The Morgan fingerprint density at radius 2 is 1.36 bits per heavy atom. The lowest BCUT2D eigenvalue weighted by Gasteiger charge is -2.73. The Morgan fingerprint density at radius 1 is 0.848 bits per heavy atom. The van der Waals surface area contributed by atoms with Gasteiger partial charge < -0.3 is 14.7 Å². The van der Waals surface area contributed by atoms with Crippen molar-refractivity contribution >= 4 is 11.9 Å². The molecule has 1 saturated heterocycles. The highest BCUT2D eigenvalue weighted by Gasteiger charge is 2.72. The van der Waals surface area contributed by atoms with E-state index in [9.17, 15) is 14.7 Å². The van der Waals surface area contributed by atoms with E-state index in [0.717, 1.165) is 57.9 Å². The molecule has 1 N–H and O–H groups in total. The molecular weight excluding hydrogens is 414 g/mol. The molecule has 0 spiro atoms. The molecule has 9 rings (SSSR count). The summed E-state index contributed by atoms with van der Waals surface area (Å²) in [5, 5.41) is 10.4. The van der Waals surface area contributed by atoms with E-state index in [2.05, 4.69) is 4.90 Å². The Hall–Kier alpha value is -1.10. The van der Waals surface area contributed by atoms with Gasteiger partial charge in [0, 0.05) is 13.7 Å². The zero-order valence-corrected chi connectivity index (χ0v) is 20.3. The molecule has 0 aromatic heterocycles. The summed E-state index contributed by atoms with van der Waals surface area (Å²) in [6.07, 6.45) is 15.8. The number of likely N-dealkylation sites (tertiary alicyclic amines) is 1. The van der Waals surface area contributed by atoms with Gasteiger partial charge in [-0.15, -0.1) is 0 Å². The number of amides is 1. The van der Waals surface area contributed by atoms with Gasteiger partial charge in [-0.05, 0) is 124 Å². The number of carboxylic acid groups (broad SMARTS) is 1. The van der Waals surface area contributed by atoms with Crippen molar-refractivity contribution in [1.29, 1.82) is 0 Å². The quantitative estimate of drug-likeness (QED) is 0.641. The van der Waals surface area contributed by atoms with Crippen LogP contribution in [0.1, 0.15) is 89.9 Å². The van der Waals surface area contributed by atoms with Crippen LogP contribution < -0.4 is 0 Å². The van der Waals surface area contributed by atoms with Crippen LogP contribution >= 0.6 is 0 Å². The lowest BCUT2D eigenvalue weighted by Crippen LogP contribution is -2.67. The molecule has 8 saturated carbocycles. The second kappa shape index (κ2) is 6.77. The summed E-state index contributed by atoms with van der Waals surface area (Å²) in [4.78, 5) is 29.1. The number of aliphatic carboxylic acids is 1. The van der Waals surface area contributed by atoms with Crippen LogP contribution in [0.25, 0.3) is 0 Å². The van der Waals surface area contributed by atoms with Crippen molar-refractivity contribution in [2.75, 3.05) is 20.3 Å². The minimum atomic E-state index is -0.518.